The summed E-state index contributed by atoms with van der Waals surface area (Å²) in [4.78, 5) is 13.8. The second-order valence-electron chi connectivity index (χ2n) is 5.22. The van der Waals surface area contributed by atoms with Crippen LogP contribution in [-0.4, -0.2) is 39.1 Å². The molecular formula is C15H23N3O. The summed E-state index contributed by atoms with van der Waals surface area (Å²) in [5, 5.41) is 5.85. The van der Waals surface area contributed by atoms with Gasteiger partial charge in [-0.15, -0.1) is 0 Å². The fourth-order valence-corrected chi connectivity index (χ4v) is 2.62. The van der Waals surface area contributed by atoms with Gasteiger partial charge in [0.1, 0.15) is 0 Å². The standard InChI is InChI=1S/C15H23N3O/c1-12-5-3-4-6-14(12)18-8-7-13(11-18)9-17-15(19)10-16-2/h3-6,13,16H,7-11H2,1-2H3,(H,17,19)/t13-/m1/s1. The van der Waals surface area contributed by atoms with Gasteiger partial charge in [0.05, 0.1) is 6.54 Å². The lowest BCUT2D eigenvalue weighted by molar-refractivity contribution is -0.120. The van der Waals surface area contributed by atoms with Crippen LogP contribution in [0.4, 0.5) is 5.69 Å². The van der Waals surface area contributed by atoms with Gasteiger partial charge in [-0.3, -0.25) is 4.79 Å². The molecule has 1 amide bonds. The van der Waals surface area contributed by atoms with Crippen LogP contribution in [0.3, 0.4) is 0 Å². The molecule has 2 N–H and O–H groups in total. The molecule has 2 rings (SSSR count). The average molecular weight is 261 g/mol. The SMILES string of the molecule is CNCC(=O)NC[C@H]1CCN(c2ccccc2C)C1. The summed E-state index contributed by atoms with van der Waals surface area (Å²) < 4.78 is 0. The van der Waals surface area contributed by atoms with Crippen LogP contribution >= 0.6 is 0 Å². The van der Waals surface area contributed by atoms with Gasteiger partial charge in [-0.2, -0.15) is 0 Å². The quantitative estimate of drug-likeness (QED) is 0.836. The smallest absolute Gasteiger partial charge is 0.233 e. The minimum absolute atomic E-state index is 0.0804. The molecule has 0 saturated carbocycles. The zero-order valence-electron chi connectivity index (χ0n) is 11.8. The number of anilines is 1. The Bertz CT molecular complexity index is 433. The Morgan fingerprint density at radius 3 is 2.95 bits per heavy atom. The van der Waals surface area contributed by atoms with Crippen molar-refractivity contribution in [1.82, 2.24) is 10.6 Å². The molecule has 1 heterocycles. The van der Waals surface area contributed by atoms with Gasteiger partial charge in [0.2, 0.25) is 5.91 Å². The molecule has 19 heavy (non-hydrogen) atoms. The van der Waals surface area contributed by atoms with Gasteiger partial charge in [-0.25, -0.2) is 0 Å². The zero-order chi connectivity index (χ0) is 13.7. The number of nitrogens with zero attached hydrogens (tertiary/aromatic N) is 1. The average Bonchev–Trinajstić information content (AvgIpc) is 2.86. The molecule has 0 unspecified atom stereocenters. The van der Waals surface area contributed by atoms with E-state index in [0.29, 0.717) is 12.5 Å². The first-order valence-electron chi connectivity index (χ1n) is 6.92. The number of hydrogen-bond acceptors (Lipinski definition) is 3. The fraction of sp³-hybridized carbons (Fsp3) is 0.533. The van der Waals surface area contributed by atoms with Crippen LogP contribution < -0.4 is 15.5 Å². The van der Waals surface area contributed by atoms with Crippen LogP contribution in [0.1, 0.15) is 12.0 Å². The lowest BCUT2D eigenvalue weighted by Crippen LogP contribution is -2.36. The van der Waals surface area contributed by atoms with E-state index in [-0.39, 0.29) is 5.91 Å². The topological polar surface area (TPSA) is 44.4 Å². The fourth-order valence-electron chi connectivity index (χ4n) is 2.62. The summed E-state index contributed by atoms with van der Waals surface area (Å²) in [5.41, 5.74) is 2.65. The lowest BCUT2D eigenvalue weighted by Gasteiger charge is -2.21. The molecule has 0 aromatic heterocycles. The molecule has 1 saturated heterocycles. The first-order valence-corrected chi connectivity index (χ1v) is 6.92. The van der Waals surface area contributed by atoms with E-state index >= 15 is 0 Å². The number of carbonyl (C=O) groups excluding carboxylic acids is 1. The minimum Gasteiger partial charge on any atom is -0.371 e. The Morgan fingerprint density at radius 2 is 2.21 bits per heavy atom. The number of nitrogens with one attached hydrogen (secondary N) is 2. The molecule has 0 aliphatic carbocycles. The molecule has 0 radical (unpaired) electrons. The van der Waals surface area contributed by atoms with Crippen LogP contribution in [0.2, 0.25) is 0 Å². The maximum atomic E-state index is 11.4. The largest absolute Gasteiger partial charge is 0.371 e. The van der Waals surface area contributed by atoms with Gasteiger partial charge in [-0.05, 0) is 37.9 Å². The summed E-state index contributed by atoms with van der Waals surface area (Å²) in [5.74, 6) is 0.636. The third-order valence-corrected chi connectivity index (χ3v) is 3.67. The second-order valence-corrected chi connectivity index (χ2v) is 5.22. The number of carbonyl (C=O) groups is 1. The summed E-state index contributed by atoms with van der Waals surface area (Å²) in [6, 6.07) is 8.49. The van der Waals surface area contributed by atoms with Crippen LogP contribution in [-0.2, 0) is 4.79 Å². The lowest BCUT2D eigenvalue weighted by atomic mass is 10.1. The van der Waals surface area contributed by atoms with Crippen molar-refractivity contribution in [2.75, 3.05) is 38.1 Å². The molecule has 1 aliphatic rings. The van der Waals surface area contributed by atoms with Gasteiger partial charge >= 0.3 is 0 Å². The normalized spacial score (nSPS) is 18.6. The second kappa shape index (κ2) is 6.57. The number of benzene rings is 1. The van der Waals surface area contributed by atoms with Crippen molar-refractivity contribution in [3.05, 3.63) is 29.8 Å². The number of aryl methyl sites for hydroxylation is 1. The summed E-state index contributed by atoms with van der Waals surface area (Å²) in [7, 11) is 1.79. The number of amides is 1. The first-order chi connectivity index (χ1) is 9.20. The van der Waals surface area contributed by atoms with Gasteiger partial charge in [0.25, 0.3) is 0 Å². The number of likely N-dealkylation sites (N-methyl/N-ethyl adjacent to an activating group) is 1. The Hall–Kier alpha value is -1.55. The third kappa shape index (κ3) is 3.70. The molecular weight excluding hydrogens is 238 g/mol. The van der Waals surface area contributed by atoms with E-state index < -0.39 is 0 Å². The summed E-state index contributed by atoms with van der Waals surface area (Å²) >= 11 is 0. The predicted molar refractivity (Wildman–Crippen MR) is 78.4 cm³/mol. The molecule has 0 bridgehead atoms. The molecule has 4 nitrogen and oxygen atoms in total. The van der Waals surface area contributed by atoms with Gasteiger partial charge < -0.3 is 15.5 Å². The van der Waals surface area contributed by atoms with E-state index in [1.54, 1.807) is 7.05 Å². The van der Waals surface area contributed by atoms with Crippen LogP contribution in [0.15, 0.2) is 24.3 Å². The molecule has 1 aliphatic heterocycles. The van der Waals surface area contributed by atoms with Crippen molar-refractivity contribution >= 4 is 11.6 Å². The van der Waals surface area contributed by atoms with E-state index in [1.165, 1.54) is 11.3 Å². The number of hydrogen-bond donors (Lipinski definition) is 2. The summed E-state index contributed by atoms with van der Waals surface area (Å²) in [6.07, 6.45) is 1.15. The van der Waals surface area contributed by atoms with Crippen molar-refractivity contribution in [1.29, 1.82) is 0 Å². The zero-order valence-corrected chi connectivity index (χ0v) is 11.8. The Balaban J connectivity index is 1.83. The Kier molecular flexibility index (Phi) is 4.80. The monoisotopic (exact) mass is 261 g/mol. The van der Waals surface area contributed by atoms with Crippen molar-refractivity contribution in [2.24, 2.45) is 5.92 Å². The van der Waals surface area contributed by atoms with E-state index in [2.05, 4.69) is 46.7 Å². The Labute approximate surface area is 115 Å². The highest BCUT2D eigenvalue weighted by Crippen LogP contribution is 2.26. The first kappa shape index (κ1) is 13.9. The van der Waals surface area contributed by atoms with Crippen LogP contribution in [0.5, 0.6) is 0 Å². The maximum absolute atomic E-state index is 11.4. The molecule has 104 valence electrons. The maximum Gasteiger partial charge on any atom is 0.233 e. The van der Waals surface area contributed by atoms with E-state index in [0.717, 1.165) is 26.1 Å². The van der Waals surface area contributed by atoms with E-state index in [9.17, 15) is 4.79 Å². The highest BCUT2D eigenvalue weighted by molar-refractivity contribution is 5.77. The van der Waals surface area contributed by atoms with Gasteiger partial charge in [-0.1, -0.05) is 18.2 Å². The van der Waals surface area contributed by atoms with Crippen molar-refractivity contribution in [3.63, 3.8) is 0 Å². The third-order valence-electron chi connectivity index (χ3n) is 3.67. The molecule has 4 heteroatoms. The number of rotatable bonds is 5. The van der Waals surface area contributed by atoms with Crippen molar-refractivity contribution < 1.29 is 4.79 Å². The highest BCUT2D eigenvalue weighted by Gasteiger charge is 2.23. The predicted octanol–water partition coefficient (Wildman–Crippen LogP) is 1.16. The van der Waals surface area contributed by atoms with Crippen LogP contribution in [0, 0.1) is 12.8 Å². The molecule has 1 atom stereocenters. The van der Waals surface area contributed by atoms with Crippen LogP contribution in [0.25, 0.3) is 0 Å². The van der Waals surface area contributed by atoms with Gasteiger partial charge in [0, 0.05) is 25.3 Å². The summed E-state index contributed by atoms with van der Waals surface area (Å²) in [6.45, 7) is 5.44. The molecule has 1 aromatic carbocycles. The van der Waals surface area contributed by atoms with Crippen molar-refractivity contribution in [2.45, 2.75) is 13.3 Å². The molecule has 1 fully saturated rings. The van der Waals surface area contributed by atoms with Crippen molar-refractivity contribution in [3.8, 4) is 0 Å². The van der Waals surface area contributed by atoms with Gasteiger partial charge in [0.15, 0.2) is 0 Å². The highest BCUT2D eigenvalue weighted by atomic mass is 16.1. The molecule has 0 spiro atoms. The number of para-hydroxylation sites is 1. The van der Waals surface area contributed by atoms with E-state index in [1.807, 2.05) is 0 Å². The molecule has 1 aromatic rings. The Morgan fingerprint density at radius 1 is 1.42 bits per heavy atom. The van der Waals surface area contributed by atoms with E-state index in [4.69, 9.17) is 0 Å². The minimum atomic E-state index is 0.0804.